The molecule has 1 unspecified atom stereocenters. The lowest BCUT2D eigenvalue weighted by atomic mass is 9.92. The molecule has 3 rings (SSSR count). The Kier molecular flexibility index (Phi) is 4.97. The molecule has 1 amide bonds. The maximum absolute atomic E-state index is 12.3. The third-order valence-corrected chi connectivity index (χ3v) is 4.76. The third kappa shape index (κ3) is 3.62. The highest BCUT2D eigenvalue weighted by Gasteiger charge is 2.37. The first-order valence-electron chi connectivity index (χ1n) is 8.39. The van der Waals surface area contributed by atoms with E-state index < -0.39 is 5.54 Å². The van der Waals surface area contributed by atoms with Crippen molar-refractivity contribution in [3.8, 4) is 0 Å². The van der Waals surface area contributed by atoms with Gasteiger partial charge in [0.2, 0.25) is 5.91 Å². The van der Waals surface area contributed by atoms with Crippen molar-refractivity contribution in [2.75, 3.05) is 18.5 Å². The van der Waals surface area contributed by atoms with E-state index in [-0.39, 0.29) is 24.8 Å². The first-order chi connectivity index (χ1) is 12.0. The van der Waals surface area contributed by atoms with Gasteiger partial charge in [-0.2, -0.15) is 0 Å². The van der Waals surface area contributed by atoms with E-state index in [4.69, 9.17) is 0 Å². The van der Waals surface area contributed by atoms with Crippen LogP contribution in [0.1, 0.15) is 34.8 Å². The Labute approximate surface area is 147 Å². The fourth-order valence-electron chi connectivity index (χ4n) is 3.36. The summed E-state index contributed by atoms with van der Waals surface area (Å²) < 4.78 is 0. The molecule has 25 heavy (non-hydrogen) atoms. The third-order valence-electron chi connectivity index (χ3n) is 4.76. The summed E-state index contributed by atoms with van der Waals surface area (Å²) in [6, 6.07) is 14.9. The SMILES string of the molecule is CC(=O)c1cccc(NC(=O)CNC2(CO)CCc3ccccc32)c1. The topological polar surface area (TPSA) is 78.4 Å². The zero-order valence-corrected chi connectivity index (χ0v) is 14.2. The summed E-state index contributed by atoms with van der Waals surface area (Å²) in [5.74, 6) is -0.256. The number of amides is 1. The highest BCUT2D eigenvalue weighted by atomic mass is 16.3. The van der Waals surface area contributed by atoms with Gasteiger partial charge in [0, 0.05) is 11.3 Å². The normalized spacial score (nSPS) is 18.6. The van der Waals surface area contributed by atoms with Gasteiger partial charge in [-0.3, -0.25) is 14.9 Å². The minimum atomic E-state index is -0.574. The predicted octanol–water partition coefficient (Wildman–Crippen LogP) is 2.25. The standard InChI is InChI=1S/C20H22N2O3/c1-14(24)16-6-4-7-17(11-16)22-19(25)12-21-20(13-23)10-9-15-5-2-3-8-18(15)20/h2-8,11,21,23H,9-10,12-13H2,1H3,(H,22,25). The molecular formula is C20H22N2O3. The predicted molar refractivity (Wildman–Crippen MR) is 96.6 cm³/mol. The van der Waals surface area contributed by atoms with Crippen LogP contribution in [0.5, 0.6) is 0 Å². The van der Waals surface area contributed by atoms with Crippen LogP contribution in [-0.4, -0.2) is 29.9 Å². The molecule has 1 atom stereocenters. The van der Waals surface area contributed by atoms with Gasteiger partial charge in [0.15, 0.2) is 5.78 Å². The lowest BCUT2D eigenvalue weighted by molar-refractivity contribution is -0.115. The van der Waals surface area contributed by atoms with Crippen molar-refractivity contribution in [2.45, 2.75) is 25.3 Å². The molecule has 2 aromatic rings. The smallest absolute Gasteiger partial charge is 0.238 e. The molecule has 1 aliphatic rings. The Bertz CT molecular complexity index is 803. The molecule has 0 fully saturated rings. The van der Waals surface area contributed by atoms with Gasteiger partial charge >= 0.3 is 0 Å². The van der Waals surface area contributed by atoms with Crippen molar-refractivity contribution in [2.24, 2.45) is 0 Å². The van der Waals surface area contributed by atoms with Crippen LogP contribution in [0.3, 0.4) is 0 Å². The number of hydrogen-bond donors (Lipinski definition) is 3. The van der Waals surface area contributed by atoms with Crippen molar-refractivity contribution < 1.29 is 14.7 Å². The number of carbonyl (C=O) groups excluding carboxylic acids is 2. The number of nitrogens with one attached hydrogen (secondary N) is 2. The van der Waals surface area contributed by atoms with Gasteiger partial charge in [0.1, 0.15) is 0 Å². The summed E-state index contributed by atoms with van der Waals surface area (Å²) in [6.07, 6.45) is 1.64. The summed E-state index contributed by atoms with van der Waals surface area (Å²) in [4.78, 5) is 23.7. The highest BCUT2D eigenvalue weighted by molar-refractivity contribution is 5.97. The zero-order chi connectivity index (χ0) is 17.9. The molecule has 130 valence electrons. The Morgan fingerprint density at radius 1 is 1.16 bits per heavy atom. The number of benzene rings is 2. The first-order valence-corrected chi connectivity index (χ1v) is 8.39. The van der Waals surface area contributed by atoms with Gasteiger partial charge in [-0.05, 0) is 43.0 Å². The Hall–Kier alpha value is -2.50. The fraction of sp³-hybridized carbons (Fsp3) is 0.300. The molecule has 0 spiro atoms. The first kappa shape index (κ1) is 17.3. The maximum atomic E-state index is 12.3. The zero-order valence-electron chi connectivity index (χ0n) is 14.2. The summed E-state index contributed by atoms with van der Waals surface area (Å²) in [5.41, 5.74) is 2.84. The number of aliphatic hydroxyl groups is 1. The Balaban J connectivity index is 1.66. The van der Waals surface area contributed by atoms with Crippen LogP contribution in [0.2, 0.25) is 0 Å². The maximum Gasteiger partial charge on any atom is 0.238 e. The van der Waals surface area contributed by atoms with E-state index in [1.807, 2.05) is 18.2 Å². The average Bonchev–Trinajstić information content (AvgIpc) is 3.00. The van der Waals surface area contributed by atoms with E-state index in [9.17, 15) is 14.7 Å². The van der Waals surface area contributed by atoms with Crippen LogP contribution in [0.15, 0.2) is 48.5 Å². The molecule has 0 heterocycles. The number of aryl methyl sites for hydroxylation is 1. The summed E-state index contributed by atoms with van der Waals surface area (Å²) in [5, 5.41) is 16.0. The number of ketones is 1. The highest BCUT2D eigenvalue weighted by Crippen LogP contribution is 2.36. The molecule has 1 aliphatic carbocycles. The van der Waals surface area contributed by atoms with Crippen molar-refractivity contribution in [1.82, 2.24) is 5.32 Å². The Morgan fingerprint density at radius 2 is 1.96 bits per heavy atom. The second kappa shape index (κ2) is 7.17. The number of Topliss-reactive ketones (excluding diaryl/α,β-unsaturated/α-hetero) is 1. The summed E-state index contributed by atoms with van der Waals surface area (Å²) in [7, 11) is 0. The van der Waals surface area contributed by atoms with Gasteiger partial charge in [0.25, 0.3) is 0 Å². The second-order valence-corrected chi connectivity index (χ2v) is 6.44. The van der Waals surface area contributed by atoms with E-state index in [0.29, 0.717) is 11.3 Å². The average molecular weight is 338 g/mol. The molecule has 0 aliphatic heterocycles. The fourth-order valence-corrected chi connectivity index (χ4v) is 3.36. The number of rotatable bonds is 6. The van der Waals surface area contributed by atoms with Crippen LogP contribution in [0.4, 0.5) is 5.69 Å². The van der Waals surface area contributed by atoms with Gasteiger partial charge in [-0.25, -0.2) is 0 Å². The van der Waals surface area contributed by atoms with Crippen molar-refractivity contribution >= 4 is 17.4 Å². The van der Waals surface area contributed by atoms with Crippen LogP contribution in [0, 0.1) is 0 Å². The van der Waals surface area contributed by atoms with E-state index in [0.717, 1.165) is 18.4 Å². The van der Waals surface area contributed by atoms with E-state index in [1.165, 1.54) is 12.5 Å². The van der Waals surface area contributed by atoms with Crippen LogP contribution < -0.4 is 10.6 Å². The quantitative estimate of drug-likeness (QED) is 0.706. The summed E-state index contributed by atoms with van der Waals surface area (Å²) in [6.45, 7) is 1.52. The molecule has 0 aromatic heterocycles. The van der Waals surface area contributed by atoms with Crippen LogP contribution in [0.25, 0.3) is 0 Å². The van der Waals surface area contributed by atoms with E-state index in [1.54, 1.807) is 24.3 Å². The van der Waals surface area contributed by atoms with Crippen molar-refractivity contribution in [1.29, 1.82) is 0 Å². The lowest BCUT2D eigenvalue weighted by Crippen LogP contribution is -2.47. The van der Waals surface area contributed by atoms with Crippen molar-refractivity contribution in [3.05, 3.63) is 65.2 Å². The minimum Gasteiger partial charge on any atom is -0.394 e. The monoisotopic (exact) mass is 338 g/mol. The largest absolute Gasteiger partial charge is 0.394 e. The summed E-state index contributed by atoms with van der Waals surface area (Å²) >= 11 is 0. The van der Waals surface area contributed by atoms with Gasteiger partial charge in [-0.15, -0.1) is 0 Å². The molecule has 0 saturated carbocycles. The molecule has 0 radical (unpaired) electrons. The molecule has 5 heteroatoms. The van der Waals surface area contributed by atoms with Gasteiger partial charge in [-0.1, -0.05) is 36.4 Å². The van der Waals surface area contributed by atoms with E-state index >= 15 is 0 Å². The van der Waals surface area contributed by atoms with E-state index in [2.05, 4.69) is 16.7 Å². The minimum absolute atomic E-state index is 0.0454. The molecule has 5 nitrogen and oxygen atoms in total. The van der Waals surface area contributed by atoms with Gasteiger partial charge < -0.3 is 10.4 Å². The van der Waals surface area contributed by atoms with Crippen molar-refractivity contribution in [3.63, 3.8) is 0 Å². The molecule has 0 bridgehead atoms. The lowest BCUT2D eigenvalue weighted by Gasteiger charge is -2.29. The molecule has 3 N–H and O–H groups in total. The number of fused-ring (bicyclic) bond motifs is 1. The number of aliphatic hydroxyl groups excluding tert-OH is 1. The molecule has 2 aromatic carbocycles. The van der Waals surface area contributed by atoms with Gasteiger partial charge in [0.05, 0.1) is 18.7 Å². The van der Waals surface area contributed by atoms with Crippen LogP contribution >= 0.6 is 0 Å². The molecule has 0 saturated heterocycles. The Morgan fingerprint density at radius 3 is 2.72 bits per heavy atom. The number of carbonyl (C=O) groups is 2. The second-order valence-electron chi connectivity index (χ2n) is 6.44. The van der Waals surface area contributed by atoms with Crippen LogP contribution in [-0.2, 0) is 16.8 Å². The molecular weight excluding hydrogens is 316 g/mol. The number of anilines is 1. The number of hydrogen-bond acceptors (Lipinski definition) is 4.